The van der Waals surface area contributed by atoms with Crippen LogP contribution < -0.4 is 21.5 Å². The summed E-state index contributed by atoms with van der Waals surface area (Å²) in [6, 6.07) is 5.81. The van der Waals surface area contributed by atoms with Gasteiger partial charge in [-0.2, -0.15) is 0 Å². The molecule has 2 fully saturated rings. The Morgan fingerprint density at radius 3 is 2.69 bits per heavy atom. The van der Waals surface area contributed by atoms with Gasteiger partial charge in [0.05, 0.1) is 11.4 Å². The first-order valence-corrected chi connectivity index (χ1v) is 12.3. The van der Waals surface area contributed by atoms with Gasteiger partial charge in [-0.1, -0.05) is 6.07 Å². The fourth-order valence-corrected chi connectivity index (χ4v) is 4.96. The lowest BCUT2D eigenvalue weighted by Gasteiger charge is -2.40. The van der Waals surface area contributed by atoms with Gasteiger partial charge in [0.1, 0.15) is 16.9 Å². The van der Waals surface area contributed by atoms with Gasteiger partial charge in [-0.25, -0.2) is 9.37 Å². The topological polar surface area (TPSA) is 139 Å². The second-order valence-corrected chi connectivity index (χ2v) is 9.88. The quantitative estimate of drug-likeness (QED) is 0.379. The number of primary amides is 1. The SMILES string of the molecule is Cc1c[nH]c2nccc(Oc3ccc(C[C@H](N)C(=O)NC4(C(N)=O)CCN(C5CC5)CC4)cc3F)c12. The highest BCUT2D eigenvalue weighted by Gasteiger charge is 2.44. The van der Waals surface area contributed by atoms with Crippen LogP contribution in [0, 0.1) is 12.7 Å². The smallest absolute Gasteiger partial charge is 0.243 e. The van der Waals surface area contributed by atoms with E-state index in [2.05, 4.69) is 20.2 Å². The van der Waals surface area contributed by atoms with Gasteiger partial charge in [-0.15, -0.1) is 0 Å². The Hall–Kier alpha value is -3.50. The first-order chi connectivity index (χ1) is 17.3. The summed E-state index contributed by atoms with van der Waals surface area (Å²) in [5, 5.41) is 3.60. The number of hydrogen-bond donors (Lipinski definition) is 4. The molecule has 10 heteroatoms. The van der Waals surface area contributed by atoms with Crippen molar-refractivity contribution in [2.75, 3.05) is 13.1 Å². The summed E-state index contributed by atoms with van der Waals surface area (Å²) in [5.74, 6) is -1.05. The van der Waals surface area contributed by atoms with Crippen molar-refractivity contribution in [2.24, 2.45) is 11.5 Å². The van der Waals surface area contributed by atoms with Crippen molar-refractivity contribution in [2.45, 2.75) is 56.7 Å². The number of fused-ring (bicyclic) bond motifs is 1. The Labute approximate surface area is 208 Å². The summed E-state index contributed by atoms with van der Waals surface area (Å²) in [5.41, 5.74) is 12.9. The van der Waals surface area contributed by atoms with Crippen molar-refractivity contribution in [3.8, 4) is 11.5 Å². The highest BCUT2D eigenvalue weighted by Crippen LogP contribution is 2.33. The number of benzene rings is 1. The summed E-state index contributed by atoms with van der Waals surface area (Å²) in [6.45, 7) is 3.34. The van der Waals surface area contributed by atoms with Crippen molar-refractivity contribution in [3.05, 3.63) is 53.6 Å². The normalized spacial score (nSPS) is 18.6. The molecule has 3 aromatic rings. The molecule has 9 nitrogen and oxygen atoms in total. The van der Waals surface area contributed by atoms with Gasteiger partial charge in [0.25, 0.3) is 0 Å². The molecule has 1 saturated carbocycles. The molecule has 0 spiro atoms. The largest absolute Gasteiger partial charge is 0.453 e. The number of amides is 2. The third kappa shape index (κ3) is 4.78. The number of halogens is 1. The molecular formula is C26H31FN6O3. The molecule has 1 atom stereocenters. The second-order valence-electron chi connectivity index (χ2n) is 9.88. The lowest BCUT2D eigenvalue weighted by molar-refractivity contribution is -0.134. The number of carbonyl (C=O) groups is 2. The van der Waals surface area contributed by atoms with Gasteiger partial charge in [-0.05, 0) is 68.4 Å². The van der Waals surface area contributed by atoms with E-state index in [1.54, 1.807) is 18.3 Å². The van der Waals surface area contributed by atoms with Gasteiger partial charge in [0.2, 0.25) is 11.8 Å². The number of hydrogen-bond acceptors (Lipinski definition) is 6. The highest BCUT2D eigenvalue weighted by atomic mass is 19.1. The van der Waals surface area contributed by atoms with Crippen LogP contribution in [0.1, 0.15) is 36.8 Å². The molecule has 2 aliphatic rings. The molecule has 0 radical (unpaired) electrons. The minimum absolute atomic E-state index is 0.0555. The predicted molar refractivity (Wildman–Crippen MR) is 133 cm³/mol. The van der Waals surface area contributed by atoms with E-state index >= 15 is 0 Å². The van der Waals surface area contributed by atoms with E-state index in [-0.39, 0.29) is 12.2 Å². The van der Waals surface area contributed by atoms with E-state index in [1.165, 1.54) is 25.0 Å². The summed E-state index contributed by atoms with van der Waals surface area (Å²) in [4.78, 5) is 34.8. The van der Waals surface area contributed by atoms with E-state index in [9.17, 15) is 14.0 Å². The molecule has 1 aromatic carbocycles. The van der Waals surface area contributed by atoms with Crippen LogP contribution in [-0.4, -0.2) is 57.4 Å². The molecule has 3 heterocycles. The number of nitrogens with one attached hydrogen (secondary N) is 2. The second kappa shape index (κ2) is 9.51. The van der Waals surface area contributed by atoms with Crippen molar-refractivity contribution < 1.29 is 18.7 Å². The molecule has 1 aliphatic carbocycles. The van der Waals surface area contributed by atoms with Gasteiger partial charge < -0.3 is 31.4 Å². The zero-order valence-electron chi connectivity index (χ0n) is 20.2. The van der Waals surface area contributed by atoms with Gasteiger partial charge in [0, 0.05) is 31.5 Å². The number of nitrogens with zero attached hydrogens (tertiary/aromatic N) is 2. The number of aromatic amines is 1. The van der Waals surface area contributed by atoms with Crippen LogP contribution in [0.3, 0.4) is 0 Å². The molecular weight excluding hydrogens is 463 g/mol. The minimum Gasteiger partial charge on any atom is -0.453 e. The van der Waals surface area contributed by atoms with Crippen molar-refractivity contribution in [1.82, 2.24) is 20.2 Å². The van der Waals surface area contributed by atoms with E-state index in [0.29, 0.717) is 48.9 Å². The number of aryl methyl sites for hydroxylation is 1. The van der Waals surface area contributed by atoms with Gasteiger partial charge in [-0.3, -0.25) is 9.59 Å². The first-order valence-electron chi connectivity index (χ1n) is 12.3. The van der Waals surface area contributed by atoms with Crippen LogP contribution in [0.25, 0.3) is 11.0 Å². The van der Waals surface area contributed by atoms with Crippen molar-refractivity contribution in [1.29, 1.82) is 0 Å². The maximum Gasteiger partial charge on any atom is 0.243 e. The molecule has 0 bridgehead atoms. The van der Waals surface area contributed by atoms with E-state index < -0.39 is 29.2 Å². The Balaban J connectivity index is 1.23. The number of rotatable bonds is 8. The van der Waals surface area contributed by atoms with Crippen LogP contribution in [0.5, 0.6) is 11.5 Å². The third-order valence-corrected chi connectivity index (χ3v) is 7.29. The zero-order chi connectivity index (χ0) is 25.4. The average Bonchev–Trinajstić information content (AvgIpc) is 3.63. The number of nitrogens with two attached hydrogens (primary N) is 2. The molecule has 36 heavy (non-hydrogen) atoms. The maximum atomic E-state index is 14.9. The number of pyridine rings is 1. The van der Waals surface area contributed by atoms with Crippen molar-refractivity contribution in [3.63, 3.8) is 0 Å². The summed E-state index contributed by atoms with van der Waals surface area (Å²) in [6.07, 6.45) is 6.78. The number of carbonyl (C=O) groups excluding carboxylic acids is 2. The number of aromatic nitrogens is 2. The number of H-pyrrole nitrogens is 1. The van der Waals surface area contributed by atoms with Crippen LogP contribution >= 0.6 is 0 Å². The molecule has 2 amide bonds. The molecule has 0 unspecified atom stereocenters. The van der Waals surface area contributed by atoms with E-state index in [0.717, 1.165) is 10.9 Å². The highest BCUT2D eigenvalue weighted by molar-refractivity contribution is 5.92. The molecule has 1 aliphatic heterocycles. The van der Waals surface area contributed by atoms with Gasteiger partial charge in [0.15, 0.2) is 11.6 Å². The van der Waals surface area contributed by atoms with Crippen LogP contribution in [0.15, 0.2) is 36.7 Å². The molecule has 6 N–H and O–H groups in total. The first kappa shape index (κ1) is 24.2. The molecule has 5 rings (SSSR count). The Morgan fingerprint density at radius 2 is 2.03 bits per heavy atom. The number of ether oxygens (including phenoxy) is 1. The predicted octanol–water partition coefficient (Wildman–Crippen LogP) is 2.27. The standard InChI is InChI=1S/C26H31FN6O3/c1-15-14-31-23-22(15)21(6-9-30-23)36-20-5-2-16(12-18(20)27)13-19(28)24(34)32-26(25(29)35)7-10-33(11-8-26)17-3-4-17/h2,5-6,9,12,14,17,19H,3-4,7-8,10-11,13,28H2,1H3,(H2,29,35)(H,30,31)(H,32,34)/t19-/m0/s1. The fraction of sp³-hybridized carbons (Fsp3) is 0.423. The molecule has 190 valence electrons. The number of piperidine rings is 1. The van der Waals surface area contributed by atoms with E-state index in [1.807, 2.05) is 13.1 Å². The lowest BCUT2D eigenvalue weighted by atomic mass is 9.86. The number of likely N-dealkylation sites (tertiary alicyclic amines) is 1. The lowest BCUT2D eigenvalue weighted by Crippen LogP contribution is -2.64. The Kier molecular flexibility index (Phi) is 6.40. The summed E-state index contributed by atoms with van der Waals surface area (Å²) >= 11 is 0. The van der Waals surface area contributed by atoms with E-state index in [4.69, 9.17) is 16.2 Å². The Morgan fingerprint density at radius 1 is 1.28 bits per heavy atom. The maximum absolute atomic E-state index is 14.9. The fourth-order valence-electron chi connectivity index (χ4n) is 4.96. The summed E-state index contributed by atoms with van der Waals surface area (Å²) < 4.78 is 20.7. The van der Waals surface area contributed by atoms with Crippen LogP contribution in [-0.2, 0) is 16.0 Å². The van der Waals surface area contributed by atoms with Crippen LogP contribution in [0.4, 0.5) is 4.39 Å². The minimum atomic E-state index is -1.10. The van der Waals surface area contributed by atoms with Crippen LogP contribution in [0.2, 0.25) is 0 Å². The van der Waals surface area contributed by atoms with Crippen molar-refractivity contribution >= 4 is 22.8 Å². The molecule has 2 aromatic heterocycles. The monoisotopic (exact) mass is 494 g/mol. The molecule has 1 saturated heterocycles. The Bertz CT molecular complexity index is 1300. The third-order valence-electron chi connectivity index (χ3n) is 7.29. The zero-order valence-corrected chi connectivity index (χ0v) is 20.2. The summed E-state index contributed by atoms with van der Waals surface area (Å²) in [7, 11) is 0. The van der Waals surface area contributed by atoms with Gasteiger partial charge >= 0.3 is 0 Å². The average molecular weight is 495 g/mol.